The summed E-state index contributed by atoms with van der Waals surface area (Å²) in [5, 5.41) is 0. The molecule has 0 bridgehead atoms. The highest BCUT2D eigenvalue weighted by atomic mass is 16.2. The third-order valence-electron chi connectivity index (χ3n) is 2.44. The van der Waals surface area contributed by atoms with Gasteiger partial charge in [0.1, 0.15) is 0 Å². The van der Waals surface area contributed by atoms with E-state index in [4.69, 9.17) is 0 Å². The summed E-state index contributed by atoms with van der Waals surface area (Å²) >= 11 is 0. The first-order valence-electron chi connectivity index (χ1n) is 4.67. The van der Waals surface area contributed by atoms with E-state index >= 15 is 0 Å². The third-order valence-corrected chi connectivity index (χ3v) is 2.44. The maximum atomic E-state index is 11.5. The number of hydrogen-bond acceptors (Lipinski definition) is 2. The molecule has 2 amide bonds. The summed E-state index contributed by atoms with van der Waals surface area (Å²) in [5.41, 5.74) is 0.553. The van der Waals surface area contributed by atoms with Crippen LogP contribution in [0.1, 0.15) is 33.6 Å². The van der Waals surface area contributed by atoms with Crippen molar-refractivity contribution >= 4 is 11.8 Å². The van der Waals surface area contributed by atoms with Crippen LogP contribution in [0.4, 0.5) is 0 Å². The normalized spacial score (nSPS) is 17.2. The van der Waals surface area contributed by atoms with Gasteiger partial charge in [-0.1, -0.05) is 13.8 Å². The van der Waals surface area contributed by atoms with Gasteiger partial charge in [-0.25, -0.2) is 0 Å². The molecule has 1 aliphatic rings. The first-order chi connectivity index (χ1) is 6.11. The number of rotatable bonds is 3. The molecule has 3 nitrogen and oxygen atoms in total. The van der Waals surface area contributed by atoms with Crippen molar-refractivity contribution in [2.45, 2.75) is 39.7 Å². The second kappa shape index (κ2) is 3.73. The first-order valence-corrected chi connectivity index (χ1v) is 4.67. The molecule has 0 aromatic heterocycles. The predicted octanol–water partition coefficient (Wildman–Crippen LogP) is 1.49. The molecular formula is C10H15NO2. The SMILES string of the molecule is CCC(CC)N1C(=O)C=C(C)C1=O. The van der Waals surface area contributed by atoms with E-state index in [0.717, 1.165) is 12.8 Å². The molecule has 3 heteroatoms. The fourth-order valence-electron chi connectivity index (χ4n) is 1.61. The first kappa shape index (κ1) is 9.96. The van der Waals surface area contributed by atoms with Crippen LogP contribution in [0.25, 0.3) is 0 Å². The van der Waals surface area contributed by atoms with Crippen LogP contribution in [0, 0.1) is 0 Å². The van der Waals surface area contributed by atoms with Gasteiger partial charge >= 0.3 is 0 Å². The quantitative estimate of drug-likeness (QED) is 0.618. The smallest absolute Gasteiger partial charge is 0.256 e. The minimum Gasteiger partial charge on any atom is -0.272 e. The molecule has 0 saturated carbocycles. The van der Waals surface area contributed by atoms with Gasteiger partial charge in [0.05, 0.1) is 0 Å². The predicted molar refractivity (Wildman–Crippen MR) is 50.0 cm³/mol. The van der Waals surface area contributed by atoms with Crippen molar-refractivity contribution < 1.29 is 9.59 Å². The van der Waals surface area contributed by atoms with Gasteiger partial charge in [-0.2, -0.15) is 0 Å². The van der Waals surface area contributed by atoms with Crippen molar-refractivity contribution in [3.05, 3.63) is 11.6 Å². The molecule has 1 aliphatic heterocycles. The Hall–Kier alpha value is -1.12. The summed E-state index contributed by atoms with van der Waals surface area (Å²) in [7, 11) is 0. The number of nitrogens with zero attached hydrogens (tertiary/aromatic N) is 1. The van der Waals surface area contributed by atoms with Gasteiger partial charge in [0, 0.05) is 17.7 Å². The van der Waals surface area contributed by atoms with Crippen LogP contribution in [-0.4, -0.2) is 22.8 Å². The van der Waals surface area contributed by atoms with E-state index in [1.807, 2.05) is 13.8 Å². The van der Waals surface area contributed by atoms with E-state index < -0.39 is 0 Å². The van der Waals surface area contributed by atoms with Crippen molar-refractivity contribution in [1.29, 1.82) is 0 Å². The van der Waals surface area contributed by atoms with Gasteiger partial charge in [0.25, 0.3) is 11.8 Å². The third kappa shape index (κ3) is 1.64. The standard InChI is InChI=1S/C10H15NO2/c1-4-8(5-2)11-9(12)6-7(3)10(11)13/h6,8H,4-5H2,1-3H3. The van der Waals surface area contributed by atoms with Crippen LogP contribution in [0.15, 0.2) is 11.6 Å². The van der Waals surface area contributed by atoms with Gasteiger partial charge in [-0.15, -0.1) is 0 Å². The Balaban J connectivity index is 2.83. The van der Waals surface area contributed by atoms with E-state index in [1.54, 1.807) is 6.92 Å². The Kier molecular flexibility index (Phi) is 2.86. The average Bonchev–Trinajstić information content (AvgIpc) is 2.34. The summed E-state index contributed by atoms with van der Waals surface area (Å²) < 4.78 is 0. The zero-order chi connectivity index (χ0) is 10.0. The molecule has 0 unspecified atom stereocenters. The summed E-state index contributed by atoms with van der Waals surface area (Å²) in [4.78, 5) is 24.3. The van der Waals surface area contributed by atoms with Crippen LogP contribution in [-0.2, 0) is 9.59 Å². The average molecular weight is 181 g/mol. The molecular weight excluding hydrogens is 166 g/mol. The van der Waals surface area contributed by atoms with Crippen LogP contribution < -0.4 is 0 Å². The van der Waals surface area contributed by atoms with Crippen molar-refractivity contribution in [3.63, 3.8) is 0 Å². The van der Waals surface area contributed by atoms with E-state index in [2.05, 4.69) is 0 Å². The zero-order valence-corrected chi connectivity index (χ0v) is 8.33. The maximum Gasteiger partial charge on any atom is 0.256 e. The lowest BCUT2D eigenvalue weighted by Crippen LogP contribution is -2.39. The van der Waals surface area contributed by atoms with Gasteiger partial charge in [-0.05, 0) is 19.8 Å². The molecule has 0 atom stereocenters. The van der Waals surface area contributed by atoms with Crippen molar-refractivity contribution in [1.82, 2.24) is 4.90 Å². The molecule has 0 aliphatic carbocycles. The highest BCUT2D eigenvalue weighted by Gasteiger charge is 2.32. The fourth-order valence-corrected chi connectivity index (χ4v) is 1.61. The molecule has 0 aromatic carbocycles. The van der Waals surface area contributed by atoms with Crippen molar-refractivity contribution in [3.8, 4) is 0 Å². The number of carbonyl (C=O) groups is 2. The van der Waals surface area contributed by atoms with Gasteiger partial charge < -0.3 is 0 Å². The Labute approximate surface area is 78.4 Å². The summed E-state index contributed by atoms with van der Waals surface area (Å²) in [6.45, 7) is 5.66. The van der Waals surface area contributed by atoms with Gasteiger partial charge in [0.15, 0.2) is 0 Å². The van der Waals surface area contributed by atoms with E-state index in [-0.39, 0.29) is 17.9 Å². The van der Waals surface area contributed by atoms with Crippen molar-refractivity contribution in [2.24, 2.45) is 0 Å². The number of imide groups is 1. The Morgan fingerprint density at radius 2 is 1.85 bits per heavy atom. The van der Waals surface area contributed by atoms with Crippen LogP contribution in [0.5, 0.6) is 0 Å². The number of hydrogen-bond donors (Lipinski definition) is 0. The Morgan fingerprint density at radius 3 is 2.15 bits per heavy atom. The molecule has 1 heterocycles. The lowest BCUT2D eigenvalue weighted by atomic mass is 10.1. The highest BCUT2D eigenvalue weighted by molar-refractivity contribution is 6.16. The molecule has 0 spiro atoms. The molecule has 0 fully saturated rings. The monoisotopic (exact) mass is 181 g/mol. The summed E-state index contributed by atoms with van der Waals surface area (Å²) in [5.74, 6) is -0.282. The molecule has 1 rings (SSSR count). The topological polar surface area (TPSA) is 37.4 Å². The lowest BCUT2D eigenvalue weighted by molar-refractivity contribution is -0.140. The number of carbonyl (C=O) groups excluding carboxylic acids is 2. The minimum atomic E-state index is -0.156. The van der Waals surface area contributed by atoms with Gasteiger partial charge in [-0.3, -0.25) is 14.5 Å². The number of amides is 2. The largest absolute Gasteiger partial charge is 0.272 e. The second-order valence-electron chi connectivity index (χ2n) is 3.31. The zero-order valence-electron chi connectivity index (χ0n) is 8.33. The molecule has 72 valence electrons. The van der Waals surface area contributed by atoms with Crippen LogP contribution in [0.2, 0.25) is 0 Å². The maximum absolute atomic E-state index is 11.5. The van der Waals surface area contributed by atoms with Crippen molar-refractivity contribution in [2.75, 3.05) is 0 Å². The molecule has 0 aromatic rings. The van der Waals surface area contributed by atoms with E-state index in [9.17, 15) is 9.59 Å². The highest BCUT2D eigenvalue weighted by Crippen LogP contribution is 2.18. The van der Waals surface area contributed by atoms with Crippen LogP contribution in [0.3, 0.4) is 0 Å². The Bertz CT molecular complexity index is 264. The lowest BCUT2D eigenvalue weighted by Gasteiger charge is -2.23. The van der Waals surface area contributed by atoms with E-state index in [1.165, 1.54) is 11.0 Å². The molecule has 0 N–H and O–H groups in total. The van der Waals surface area contributed by atoms with Crippen LogP contribution >= 0.6 is 0 Å². The summed E-state index contributed by atoms with van der Waals surface area (Å²) in [6, 6.07) is 0.0636. The molecule has 0 saturated heterocycles. The minimum absolute atomic E-state index is 0.0636. The molecule has 13 heavy (non-hydrogen) atoms. The summed E-state index contributed by atoms with van der Waals surface area (Å²) in [6.07, 6.45) is 3.07. The fraction of sp³-hybridized carbons (Fsp3) is 0.600. The molecule has 0 radical (unpaired) electrons. The Morgan fingerprint density at radius 1 is 1.31 bits per heavy atom. The van der Waals surface area contributed by atoms with Gasteiger partial charge in [0.2, 0.25) is 0 Å². The second-order valence-corrected chi connectivity index (χ2v) is 3.31. The van der Waals surface area contributed by atoms with E-state index in [0.29, 0.717) is 5.57 Å².